The third kappa shape index (κ3) is 5.30. The van der Waals surface area contributed by atoms with Crippen molar-refractivity contribution in [3.8, 4) is 22.9 Å². The summed E-state index contributed by atoms with van der Waals surface area (Å²) in [6.07, 6.45) is 14.1. The zero-order valence-electron chi connectivity index (χ0n) is 24.1. The van der Waals surface area contributed by atoms with Gasteiger partial charge in [0.05, 0.1) is 31.1 Å². The second kappa shape index (κ2) is 11.0. The van der Waals surface area contributed by atoms with Crippen LogP contribution in [0.2, 0.25) is 0 Å². The lowest BCUT2D eigenvalue weighted by Crippen LogP contribution is -2.37. The van der Waals surface area contributed by atoms with Gasteiger partial charge >= 0.3 is 0 Å². The molecule has 1 heterocycles. The van der Waals surface area contributed by atoms with Crippen LogP contribution in [-0.2, 0) is 11.2 Å². The van der Waals surface area contributed by atoms with Gasteiger partial charge in [0.25, 0.3) is 0 Å². The predicted molar refractivity (Wildman–Crippen MR) is 158 cm³/mol. The van der Waals surface area contributed by atoms with Crippen molar-refractivity contribution < 1.29 is 9.47 Å². The minimum Gasteiger partial charge on any atom is -0.501 e. The van der Waals surface area contributed by atoms with Crippen LogP contribution in [0.5, 0.6) is 5.75 Å². The highest BCUT2D eigenvalue weighted by Gasteiger charge is 2.59. The lowest BCUT2D eigenvalue weighted by Gasteiger charge is -2.41. The number of benzene rings is 2. The van der Waals surface area contributed by atoms with Gasteiger partial charge in [-0.2, -0.15) is 10.2 Å². The Morgan fingerprint density at radius 2 is 1.85 bits per heavy atom. The van der Waals surface area contributed by atoms with E-state index in [1.165, 1.54) is 29.5 Å². The maximum Gasteiger partial charge on any atom is 0.127 e. The number of nitrogens with zero attached hydrogens (tertiary/aromatic N) is 2. The van der Waals surface area contributed by atoms with Gasteiger partial charge in [0.1, 0.15) is 11.3 Å². The van der Waals surface area contributed by atoms with Crippen LogP contribution in [0.3, 0.4) is 0 Å². The molecule has 5 nitrogen and oxygen atoms in total. The molecule has 0 N–H and O–H groups in total. The fourth-order valence-electron chi connectivity index (χ4n) is 7.47. The Morgan fingerprint density at radius 3 is 2.52 bits per heavy atom. The van der Waals surface area contributed by atoms with E-state index in [0.29, 0.717) is 29.9 Å². The largest absolute Gasteiger partial charge is 0.501 e. The highest BCUT2D eigenvalue weighted by molar-refractivity contribution is 5.77. The molecule has 0 saturated heterocycles. The summed E-state index contributed by atoms with van der Waals surface area (Å²) in [5, 5.41) is 13.1. The van der Waals surface area contributed by atoms with Crippen LogP contribution in [-0.4, -0.2) is 18.8 Å². The second-order valence-electron chi connectivity index (χ2n) is 13.1. The van der Waals surface area contributed by atoms with E-state index in [1.54, 1.807) is 0 Å². The number of ether oxygens (including phenoxy) is 2. The zero-order valence-corrected chi connectivity index (χ0v) is 24.1. The standard InChI is InChI=1S/C35H42N2O3/c1-3-40-32-20-26(19-31(28-9-10-28)33(32)29-6-4-5-24(18-29)21-36)17-25-7-8-30(23-39-22-25)27-11-13-34(2,14-12-27)35(37-38)15-16-35/h4-6,18-20,23,25,27-28H,3,7-17,22H2,1-2H3. The van der Waals surface area contributed by atoms with Crippen molar-refractivity contribution in [1.82, 2.24) is 0 Å². The molecule has 40 heavy (non-hydrogen) atoms. The minimum absolute atomic E-state index is 0.0829. The summed E-state index contributed by atoms with van der Waals surface area (Å²) in [5.74, 6) is 2.54. The monoisotopic (exact) mass is 538 g/mol. The molecule has 3 saturated carbocycles. The first-order chi connectivity index (χ1) is 19.5. The second-order valence-corrected chi connectivity index (χ2v) is 13.1. The first-order valence-corrected chi connectivity index (χ1v) is 15.4. The minimum atomic E-state index is -0.273. The Balaban J connectivity index is 1.15. The third-order valence-corrected chi connectivity index (χ3v) is 10.4. The summed E-state index contributed by atoms with van der Waals surface area (Å²) < 4.78 is 12.4. The van der Waals surface area contributed by atoms with E-state index in [-0.39, 0.29) is 11.0 Å². The SMILES string of the molecule is CCOc1cc(CC2CCC(C3CCC(C)(C4(N=O)CC4)CC3)=COC2)cc(C2CC2)c1-c1cccc(C#N)c1. The van der Waals surface area contributed by atoms with Crippen LogP contribution in [0, 0.1) is 33.5 Å². The maximum absolute atomic E-state index is 11.5. The van der Waals surface area contributed by atoms with Crippen molar-refractivity contribution in [3.63, 3.8) is 0 Å². The Bertz CT molecular complexity index is 1320. The van der Waals surface area contributed by atoms with Gasteiger partial charge in [-0.3, -0.25) is 0 Å². The van der Waals surface area contributed by atoms with Gasteiger partial charge < -0.3 is 9.47 Å². The van der Waals surface area contributed by atoms with Crippen molar-refractivity contribution in [2.45, 2.75) is 95.9 Å². The van der Waals surface area contributed by atoms with Gasteiger partial charge in [0.15, 0.2) is 0 Å². The van der Waals surface area contributed by atoms with Gasteiger partial charge in [-0.1, -0.05) is 30.3 Å². The van der Waals surface area contributed by atoms with Crippen LogP contribution >= 0.6 is 0 Å². The molecular formula is C35H42N2O3. The van der Waals surface area contributed by atoms with Crippen LogP contribution in [0.15, 0.2) is 53.4 Å². The van der Waals surface area contributed by atoms with Gasteiger partial charge in [0.2, 0.25) is 0 Å². The average molecular weight is 539 g/mol. The molecule has 210 valence electrons. The van der Waals surface area contributed by atoms with E-state index in [2.05, 4.69) is 42.6 Å². The molecule has 3 aliphatic carbocycles. The summed E-state index contributed by atoms with van der Waals surface area (Å²) in [6, 6.07) is 14.9. The summed E-state index contributed by atoms with van der Waals surface area (Å²) >= 11 is 0. The predicted octanol–water partition coefficient (Wildman–Crippen LogP) is 8.85. The van der Waals surface area contributed by atoms with Crippen LogP contribution in [0.25, 0.3) is 11.1 Å². The first kappa shape index (κ1) is 27.1. The molecule has 2 aromatic carbocycles. The summed E-state index contributed by atoms with van der Waals surface area (Å²) in [7, 11) is 0. The number of hydrogen-bond acceptors (Lipinski definition) is 5. The zero-order chi connectivity index (χ0) is 27.7. The molecular weight excluding hydrogens is 496 g/mol. The van der Waals surface area contributed by atoms with E-state index in [4.69, 9.17) is 9.47 Å². The molecule has 5 heteroatoms. The number of allylic oxidation sites excluding steroid dienone is 1. The molecule has 4 aliphatic rings. The molecule has 0 aromatic heterocycles. The van der Waals surface area contributed by atoms with E-state index in [1.807, 2.05) is 25.1 Å². The lowest BCUT2D eigenvalue weighted by molar-refractivity contribution is 0.131. The van der Waals surface area contributed by atoms with Crippen molar-refractivity contribution in [2.75, 3.05) is 13.2 Å². The van der Waals surface area contributed by atoms with Gasteiger partial charge in [-0.25, -0.2) is 0 Å². The molecule has 1 unspecified atom stereocenters. The van der Waals surface area contributed by atoms with Gasteiger partial charge in [0, 0.05) is 5.56 Å². The quantitative estimate of drug-likeness (QED) is 0.299. The molecule has 3 fully saturated rings. The molecule has 6 rings (SSSR count). The van der Waals surface area contributed by atoms with Crippen LogP contribution < -0.4 is 4.74 Å². The fraction of sp³-hybridized carbons (Fsp3) is 0.571. The topological polar surface area (TPSA) is 71.7 Å². The van der Waals surface area contributed by atoms with Gasteiger partial charge in [-0.15, -0.1) is 0 Å². The highest BCUT2D eigenvalue weighted by atomic mass is 16.5. The third-order valence-electron chi connectivity index (χ3n) is 10.4. The van der Waals surface area contributed by atoms with Crippen molar-refractivity contribution in [1.29, 1.82) is 5.26 Å². The van der Waals surface area contributed by atoms with E-state index < -0.39 is 0 Å². The normalized spacial score (nSPS) is 27.5. The highest BCUT2D eigenvalue weighted by Crippen LogP contribution is 2.60. The van der Waals surface area contributed by atoms with Crippen molar-refractivity contribution in [3.05, 3.63) is 69.8 Å². The summed E-state index contributed by atoms with van der Waals surface area (Å²) in [6.45, 7) is 5.70. The van der Waals surface area contributed by atoms with E-state index in [9.17, 15) is 10.2 Å². The molecule has 2 aromatic rings. The first-order valence-electron chi connectivity index (χ1n) is 15.4. The summed E-state index contributed by atoms with van der Waals surface area (Å²) in [5.41, 5.74) is 6.88. The molecule has 0 amide bonds. The Morgan fingerprint density at radius 1 is 1.05 bits per heavy atom. The van der Waals surface area contributed by atoms with Crippen molar-refractivity contribution in [2.24, 2.45) is 22.4 Å². The fourth-order valence-corrected chi connectivity index (χ4v) is 7.47. The molecule has 1 atom stereocenters. The summed E-state index contributed by atoms with van der Waals surface area (Å²) in [4.78, 5) is 11.5. The molecule has 0 spiro atoms. The number of hydrogen-bond donors (Lipinski definition) is 0. The molecule has 1 aliphatic heterocycles. The van der Waals surface area contributed by atoms with Crippen LogP contribution in [0.1, 0.15) is 101 Å². The molecule has 0 bridgehead atoms. The number of nitriles is 1. The Labute approximate surface area is 238 Å². The Kier molecular flexibility index (Phi) is 7.46. The van der Waals surface area contributed by atoms with Crippen LogP contribution in [0.4, 0.5) is 0 Å². The van der Waals surface area contributed by atoms with Gasteiger partial charge in [-0.05, 0) is 141 Å². The smallest absolute Gasteiger partial charge is 0.127 e. The van der Waals surface area contributed by atoms with Crippen molar-refractivity contribution >= 4 is 0 Å². The number of rotatable bonds is 9. The van der Waals surface area contributed by atoms with E-state index in [0.717, 1.165) is 81.3 Å². The number of nitroso groups, excluding NO2 is 1. The lowest BCUT2D eigenvalue weighted by atomic mass is 9.65. The average Bonchev–Trinajstić information content (AvgIpc) is 3.88. The Hall–Kier alpha value is -3.13. The maximum atomic E-state index is 11.5. The van der Waals surface area contributed by atoms with E-state index >= 15 is 0 Å². The molecule has 0 radical (unpaired) electrons.